The monoisotopic (exact) mass is 358 g/mol. The number of hydrogen-bond donors (Lipinski definition) is 3. The highest BCUT2D eigenvalue weighted by Crippen LogP contribution is 2.39. The fourth-order valence-electron chi connectivity index (χ4n) is 3.35. The number of nitrogens with one attached hydrogen (secondary N) is 1. The van der Waals surface area contributed by atoms with Gasteiger partial charge in [-0.15, -0.1) is 0 Å². The third-order valence-electron chi connectivity index (χ3n) is 4.72. The Labute approximate surface area is 148 Å². The van der Waals surface area contributed by atoms with Crippen LogP contribution in [0.25, 0.3) is 0 Å². The molecular formula is C17H30N2O6. The summed E-state index contributed by atoms with van der Waals surface area (Å²) in [4.78, 5) is 35.9. The molecule has 8 nitrogen and oxygen atoms in total. The molecule has 0 radical (unpaired) electrons. The van der Waals surface area contributed by atoms with Crippen LogP contribution in [0.1, 0.15) is 53.4 Å². The van der Waals surface area contributed by atoms with E-state index in [4.69, 9.17) is 15.2 Å². The van der Waals surface area contributed by atoms with Crippen LogP contribution in [0.5, 0.6) is 0 Å². The van der Waals surface area contributed by atoms with E-state index in [2.05, 4.69) is 5.32 Å². The Hall–Kier alpha value is -1.67. The minimum atomic E-state index is -1.76. The van der Waals surface area contributed by atoms with Crippen LogP contribution in [0, 0.1) is 5.41 Å². The lowest BCUT2D eigenvalue weighted by Crippen LogP contribution is -2.64. The maximum atomic E-state index is 12.4. The van der Waals surface area contributed by atoms with Gasteiger partial charge in [0.25, 0.3) is 0 Å². The largest absolute Gasteiger partial charge is 0.480 e. The number of hydrogen-bond acceptors (Lipinski definition) is 6. The summed E-state index contributed by atoms with van der Waals surface area (Å²) in [6.07, 6.45) is 0.465. The van der Waals surface area contributed by atoms with Crippen LogP contribution in [0.3, 0.4) is 0 Å². The molecule has 0 aromatic heterocycles. The predicted octanol–water partition coefficient (Wildman–Crippen LogP) is 0.820. The van der Waals surface area contributed by atoms with Crippen molar-refractivity contribution in [2.24, 2.45) is 11.1 Å². The van der Waals surface area contributed by atoms with Crippen molar-refractivity contribution in [2.75, 3.05) is 6.61 Å². The Morgan fingerprint density at radius 3 is 2.28 bits per heavy atom. The highest BCUT2D eigenvalue weighted by Gasteiger charge is 2.56. The fourth-order valence-corrected chi connectivity index (χ4v) is 3.35. The normalized spacial score (nSPS) is 29.3. The number of rotatable bonds is 8. The van der Waals surface area contributed by atoms with Gasteiger partial charge < -0.3 is 25.6 Å². The molecule has 1 saturated carbocycles. The fraction of sp³-hybridized carbons (Fsp3) is 0.824. The number of amides is 1. The van der Waals surface area contributed by atoms with Crippen molar-refractivity contribution >= 4 is 17.8 Å². The van der Waals surface area contributed by atoms with Gasteiger partial charge in [0.05, 0.1) is 24.9 Å². The summed E-state index contributed by atoms with van der Waals surface area (Å²) in [5, 5.41) is 12.5. The number of ether oxygens (including phenoxy) is 2. The van der Waals surface area contributed by atoms with Crippen molar-refractivity contribution in [3.8, 4) is 0 Å². The van der Waals surface area contributed by atoms with E-state index < -0.39 is 35.5 Å². The Bertz CT molecular complexity index is 494. The summed E-state index contributed by atoms with van der Waals surface area (Å²) >= 11 is 0. The molecule has 8 heteroatoms. The second-order valence-electron chi connectivity index (χ2n) is 6.52. The molecule has 0 aromatic rings. The lowest BCUT2D eigenvalue weighted by Gasteiger charge is -2.44. The average molecular weight is 358 g/mol. The zero-order valence-electron chi connectivity index (χ0n) is 15.4. The van der Waals surface area contributed by atoms with E-state index >= 15 is 0 Å². The third-order valence-corrected chi connectivity index (χ3v) is 4.72. The topological polar surface area (TPSA) is 128 Å². The Morgan fingerprint density at radius 2 is 1.84 bits per heavy atom. The van der Waals surface area contributed by atoms with Crippen molar-refractivity contribution in [3.05, 3.63) is 0 Å². The smallest absolute Gasteiger partial charge is 0.323 e. The molecular weight excluding hydrogens is 328 g/mol. The van der Waals surface area contributed by atoms with Crippen LogP contribution in [0.2, 0.25) is 0 Å². The summed E-state index contributed by atoms with van der Waals surface area (Å²) in [6, 6.07) is -1.29. The van der Waals surface area contributed by atoms with Gasteiger partial charge in [-0.1, -0.05) is 13.8 Å². The van der Waals surface area contributed by atoms with Gasteiger partial charge >= 0.3 is 11.9 Å². The van der Waals surface area contributed by atoms with Gasteiger partial charge in [-0.3, -0.25) is 14.4 Å². The molecule has 1 aliphatic carbocycles. The van der Waals surface area contributed by atoms with Crippen LogP contribution in [0.15, 0.2) is 0 Å². The Kier molecular flexibility index (Phi) is 7.82. The predicted molar refractivity (Wildman–Crippen MR) is 90.8 cm³/mol. The van der Waals surface area contributed by atoms with Crippen molar-refractivity contribution < 1.29 is 29.0 Å². The molecule has 0 saturated heterocycles. The number of esters is 1. The van der Waals surface area contributed by atoms with E-state index in [1.807, 2.05) is 13.8 Å². The molecule has 25 heavy (non-hydrogen) atoms. The zero-order valence-corrected chi connectivity index (χ0v) is 15.4. The number of carbonyl (C=O) groups is 3. The summed E-state index contributed by atoms with van der Waals surface area (Å²) in [5.74, 6) is -2.37. The molecule has 144 valence electrons. The van der Waals surface area contributed by atoms with E-state index in [1.54, 1.807) is 6.92 Å². The summed E-state index contributed by atoms with van der Waals surface area (Å²) in [6.45, 7) is 6.98. The van der Waals surface area contributed by atoms with Crippen LogP contribution < -0.4 is 11.1 Å². The van der Waals surface area contributed by atoms with Crippen LogP contribution in [-0.4, -0.2) is 53.9 Å². The average Bonchev–Trinajstić information content (AvgIpc) is 2.54. The lowest BCUT2D eigenvalue weighted by molar-refractivity contribution is -0.179. The second-order valence-corrected chi connectivity index (χ2v) is 6.52. The first kappa shape index (κ1) is 21.4. The van der Waals surface area contributed by atoms with E-state index in [9.17, 15) is 19.5 Å². The van der Waals surface area contributed by atoms with Crippen molar-refractivity contribution in [2.45, 2.75) is 77.7 Å². The van der Waals surface area contributed by atoms with E-state index in [0.29, 0.717) is 0 Å². The first-order valence-electron chi connectivity index (χ1n) is 8.80. The first-order chi connectivity index (χ1) is 11.7. The molecule has 0 heterocycles. The first-order valence-corrected chi connectivity index (χ1v) is 8.80. The van der Waals surface area contributed by atoms with E-state index in [-0.39, 0.29) is 31.5 Å². The molecule has 1 amide bonds. The molecule has 1 rings (SSSR count). The van der Waals surface area contributed by atoms with Crippen LogP contribution in [-0.2, 0) is 23.9 Å². The molecule has 0 aromatic carbocycles. The number of carbonyl (C=O) groups excluding carboxylic acids is 2. The van der Waals surface area contributed by atoms with Gasteiger partial charge in [-0.05, 0) is 26.2 Å². The third kappa shape index (κ3) is 4.92. The highest BCUT2D eigenvalue weighted by molar-refractivity contribution is 5.99. The van der Waals surface area contributed by atoms with Crippen LogP contribution in [0.4, 0.5) is 0 Å². The van der Waals surface area contributed by atoms with Crippen molar-refractivity contribution in [1.82, 2.24) is 5.32 Å². The standard InChI is InChI=1S/C17H30N2O6/c1-5-11(6-2)25-13-9-17(15(21)22,16(23)24-7-3)8-12(18)14(13)19-10(4)20/h11-14H,5-9,18H2,1-4H3,(H,19,20)(H,21,22)/t12-,13+,14+,17?/m0/s1. The quantitative estimate of drug-likeness (QED) is 0.433. The van der Waals surface area contributed by atoms with Gasteiger partial charge in [-0.25, -0.2) is 0 Å². The minimum Gasteiger partial charge on any atom is -0.480 e. The second kappa shape index (κ2) is 9.15. The molecule has 1 aliphatic rings. The molecule has 1 unspecified atom stereocenters. The van der Waals surface area contributed by atoms with Gasteiger partial charge in [-0.2, -0.15) is 0 Å². The minimum absolute atomic E-state index is 0.0797. The maximum Gasteiger partial charge on any atom is 0.323 e. The number of carboxylic acid groups (broad SMARTS) is 1. The molecule has 1 fully saturated rings. The van der Waals surface area contributed by atoms with Crippen molar-refractivity contribution in [1.29, 1.82) is 0 Å². The molecule has 4 atom stereocenters. The Morgan fingerprint density at radius 1 is 1.24 bits per heavy atom. The SMILES string of the molecule is CCOC(=O)C1(C(=O)O)C[C@H](N)[C@@H](NC(C)=O)[C@H](OC(CC)CC)C1. The summed E-state index contributed by atoms with van der Waals surface area (Å²) in [5.41, 5.74) is 4.40. The van der Waals surface area contributed by atoms with Gasteiger partial charge in [0.2, 0.25) is 5.91 Å². The summed E-state index contributed by atoms with van der Waals surface area (Å²) in [7, 11) is 0. The molecule has 4 N–H and O–H groups in total. The molecule has 0 spiro atoms. The highest BCUT2D eigenvalue weighted by atomic mass is 16.5. The molecule has 0 aliphatic heterocycles. The number of aliphatic carboxylic acids is 1. The van der Waals surface area contributed by atoms with E-state index in [0.717, 1.165) is 12.8 Å². The lowest BCUT2D eigenvalue weighted by atomic mass is 9.68. The van der Waals surface area contributed by atoms with Gasteiger partial charge in [0.15, 0.2) is 5.41 Å². The zero-order chi connectivity index (χ0) is 19.2. The van der Waals surface area contributed by atoms with Crippen LogP contribution >= 0.6 is 0 Å². The van der Waals surface area contributed by atoms with Crippen molar-refractivity contribution in [3.63, 3.8) is 0 Å². The summed E-state index contributed by atoms with van der Waals surface area (Å²) < 4.78 is 11.0. The van der Waals surface area contributed by atoms with Gasteiger partial charge in [0.1, 0.15) is 0 Å². The molecule has 0 bridgehead atoms. The Balaban J connectivity index is 3.20. The maximum absolute atomic E-state index is 12.4. The van der Waals surface area contributed by atoms with E-state index in [1.165, 1.54) is 6.92 Å². The number of nitrogens with two attached hydrogens (primary N) is 1. The number of carboxylic acids is 1. The van der Waals surface area contributed by atoms with Gasteiger partial charge in [0, 0.05) is 19.4 Å².